The summed E-state index contributed by atoms with van der Waals surface area (Å²) in [5.74, 6) is 0.154. The Morgan fingerprint density at radius 2 is 1.84 bits per heavy atom. The zero-order valence-corrected chi connectivity index (χ0v) is 18.0. The molecule has 0 bridgehead atoms. The number of benzene rings is 2. The zero-order chi connectivity index (χ0) is 22.4. The average Bonchev–Trinajstić information content (AvgIpc) is 2.75. The predicted octanol–water partition coefficient (Wildman–Crippen LogP) is 1.34. The molecule has 0 aromatic heterocycles. The number of hydrogen-bond donors (Lipinski definition) is 2. The first-order valence-electron chi connectivity index (χ1n) is 9.78. The van der Waals surface area contributed by atoms with Crippen molar-refractivity contribution in [2.75, 3.05) is 26.7 Å². The molecule has 0 radical (unpaired) electrons. The van der Waals surface area contributed by atoms with Crippen LogP contribution in [0.1, 0.15) is 15.9 Å². The molecule has 0 unspecified atom stereocenters. The standard InChI is InChI=1S/C22H25N3O5S/c1-3-21(26)24-18-14-25(15-18)31(28,29)19-10-8-17(9-11-19)22(27)23-13-12-16-6-4-5-7-20(16)30-2/h3-11,18H,1,12-15H2,2H3,(H,23,27)(H,24,26). The summed E-state index contributed by atoms with van der Waals surface area (Å²) in [6, 6.07) is 13.2. The number of methoxy groups -OCH3 is 1. The first kappa shape index (κ1) is 22.5. The van der Waals surface area contributed by atoms with Gasteiger partial charge in [0, 0.05) is 25.2 Å². The summed E-state index contributed by atoms with van der Waals surface area (Å²) in [4.78, 5) is 23.8. The lowest BCUT2D eigenvalue weighted by molar-refractivity contribution is -0.117. The van der Waals surface area contributed by atoms with Gasteiger partial charge in [-0.2, -0.15) is 4.31 Å². The van der Waals surface area contributed by atoms with Crippen LogP contribution in [-0.2, 0) is 21.2 Å². The molecule has 0 atom stereocenters. The van der Waals surface area contributed by atoms with E-state index in [1.165, 1.54) is 28.6 Å². The van der Waals surface area contributed by atoms with Crippen molar-refractivity contribution >= 4 is 21.8 Å². The van der Waals surface area contributed by atoms with E-state index in [1.54, 1.807) is 7.11 Å². The van der Waals surface area contributed by atoms with Crippen LogP contribution < -0.4 is 15.4 Å². The fourth-order valence-corrected chi connectivity index (χ4v) is 4.77. The van der Waals surface area contributed by atoms with E-state index in [4.69, 9.17) is 4.74 Å². The van der Waals surface area contributed by atoms with Crippen molar-refractivity contribution < 1.29 is 22.7 Å². The number of rotatable bonds is 9. The molecule has 1 heterocycles. The molecule has 1 aliphatic rings. The van der Waals surface area contributed by atoms with Crippen LogP contribution in [0.4, 0.5) is 0 Å². The minimum Gasteiger partial charge on any atom is -0.496 e. The van der Waals surface area contributed by atoms with Crippen molar-refractivity contribution in [1.29, 1.82) is 0 Å². The van der Waals surface area contributed by atoms with Crippen molar-refractivity contribution in [3.63, 3.8) is 0 Å². The maximum absolute atomic E-state index is 12.7. The van der Waals surface area contributed by atoms with Gasteiger partial charge in [-0.1, -0.05) is 24.8 Å². The molecule has 1 saturated heterocycles. The topological polar surface area (TPSA) is 105 Å². The number of carbonyl (C=O) groups excluding carboxylic acids is 2. The molecule has 2 aromatic rings. The Hall–Kier alpha value is -3.17. The highest BCUT2D eigenvalue weighted by atomic mass is 32.2. The second-order valence-electron chi connectivity index (χ2n) is 7.07. The Balaban J connectivity index is 1.54. The van der Waals surface area contributed by atoms with E-state index < -0.39 is 10.0 Å². The number of nitrogens with zero attached hydrogens (tertiary/aromatic N) is 1. The molecule has 1 fully saturated rings. The van der Waals surface area contributed by atoms with Gasteiger partial charge in [-0.25, -0.2) is 8.42 Å². The summed E-state index contributed by atoms with van der Waals surface area (Å²) in [6.45, 7) is 4.19. The summed E-state index contributed by atoms with van der Waals surface area (Å²) in [5, 5.41) is 5.49. The molecule has 2 amide bonds. The monoisotopic (exact) mass is 443 g/mol. The minimum atomic E-state index is -3.67. The van der Waals surface area contributed by atoms with Gasteiger partial charge in [0.05, 0.1) is 18.0 Å². The molecular weight excluding hydrogens is 418 g/mol. The molecule has 9 heteroatoms. The second kappa shape index (κ2) is 9.76. The Morgan fingerprint density at radius 3 is 2.48 bits per heavy atom. The highest BCUT2D eigenvalue weighted by molar-refractivity contribution is 7.89. The van der Waals surface area contributed by atoms with E-state index in [-0.39, 0.29) is 35.8 Å². The molecule has 0 spiro atoms. The third kappa shape index (κ3) is 5.31. The van der Waals surface area contributed by atoms with Crippen LogP contribution >= 0.6 is 0 Å². The van der Waals surface area contributed by atoms with Gasteiger partial charge in [0.1, 0.15) is 5.75 Å². The van der Waals surface area contributed by atoms with E-state index in [0.29, 0.717) is 18.5 Å². The SMILES string of the molecule is C=CC(=O)NC1CN(S(=O)(=O)c2ccc(C(=O)NCCc3ccccc3OC)cc2)C1. The van der Waals surface area contributed by atoms with Crippen LogP contribution in [0.25, 0.3) is 0 Å². The summed E-state index contributed by atoms with van der Waals surface area (Å²) >= 11 is 0. The lowest BCUT2D eigenvalue weighted by Gasteiger charge is -2.38. The zero-order valence-electron chi connectivity index (χ0n) is 17.2. The Bertz CT molecular complexity index is 1060. The van der Waals surface area contributed by atoms with Gasteiger partial charge in [0.2, 0.25) is 15.9 Å². The number of ether oxygens (including phenoxy) is 1. The molecule has 3 rings (SSSR count). The maximum Gasteiger partial charge on any atom is 0.251 e. The Kier molecular flexibility index (Phi) is 7.09. The molecule has 1 aliphatic heterocycles. The lowest BCUT2D eigenvalue weighted by Crippen LogP contribution is -2.60. The number of sulfonamides is 1. The molecule has 2 aromatic carbocycles. The van der Waals surface area contributed by atoms with Crippen LogP contribution in [-0.4, -0.2) is 57.3 Å². The van der Waals surface area contributed by atoms with Gasteiger partial charge >= 0.3 is 0 Å². The highest BCUT2D eigenvalue weighted by Gasteiger charge is 2.37. The average molecular weight is 444 g/mol. The fourth-order valence-electron chi connectivity index (χ4n) is 3.24. The van der Waals surface area contributed by atoms with Crippen LogP contribution in [0.2, 0.25) is 0 Å². The third-order valence-electron chi connectivity index (χ3n) is 5.01. The molecule has 31 heavy (non-hydrogen) atoms. The first-order valence-corrected chi connectivity index (χ1v) is 11.2. The van der Waals surface area contributed by atoms with E-state index >= 15 is 0 Å². The van der Waals surface area contributed by atoms with Gasteiger partial charge in [-0.05, 0) is 48.4 Å². The highest BCUT2D eigenvalue weighted by Crippen LogP contribution is 2.22. The van der Waals surface area contributed by atoms with Gasteiger partial charge in [-0.15, -0.1) is 0 Å². The molecule has 2 N–H and O–H groups in total. The lowest BCUT2D eigenvalue weighted by atomic mass is 10.1. The van der Waals surface area contributed by atoms with Crippen LogP contribution in [0.5, 0.6) is 5.75 Å². The number of para-hydroxylation sites is 1. The van der Waals surface area contributed by atoms with E-state index in [9.17, 15) is 18.0 Å². The van der Waals surface area contributed by atoms with E-state index in [2.05, 4.69) is 17.2 Å². The summed E-state index contributed by atoms with van der Waals surface area (Å²) in [7, 11) is -2.07. The van der Waals surface area contributed by atoms with Crippen molar-refractivity contribution in [3.8, 4) is 5.75 Å². The Labute approximate surface area is 181 Å². The Morgan fingerprint density at radius 1 is 1.16 bits per heavy atom. The second-order valence-corrected chi connectivity index (χ2v) is 9.01. The molecule has 0 saturated carbocycles. The molecule has 0 aliphatic carbocycles. The van der Waals surface area contributed by atoms with Crippen molar-refractivity contribution in [1.82, 2.24) is 14.9 Å². The van der Waals surface area contributed by atoms with Crippen LogP contribution in [0.3, 0.4) is 0 Å². The van der Waals surface area contributed by atoms with Crippen molar-refractivity contribution in [2.24, 2.45) is 0 Å². The quantitative estimate of drug-likeness (QED) is 0.569. The number of hydrogen-bond acceptors (Lipinski definition) is 5. The van der Waals surface area contributed by atoms with Gasteiger partial charge in [-0.3, -0.25) is 9.59 Å². The third-order valence-corrected chi connectivity index (χ3v) is 6.85. The smallest absolute Gasteiger partial charge is 0.251 e. The van der Waals surface area contributed by atoms with E-state index in [1.807, 2.05) is 24.3 Å². The maximum atomic E-state index is 12.7. The summed E-state index contributed by atoms with van der Waals surface area (Å²) in [5.41, 5.74) is 1.36. The number of nitrogens with one attached hydrogen (secondary N) is 2. The van der Waals surface area contributed by atoms with Crippen molar-refractivity contribution in [2.45, 2.75) is 17.4 Å². The summed E-state index contributed by atoms with van der Waals surface area (Å²) < 4.78 is 31.9. The number of carbonyl (C=O) groups is 2. The normalized spacial score (nSPS) is 14.4. The van der Waals surface area contributed by atoms with Gasteiger partial charge in [0.15, 0.2) is 0 Å². The molecular formula is C22H25N3O5S. The van der Waals surface area contributed by atoms with Crippen molar-refractivity contribution in [3.05, 3.63) is 72.3 Å². The molecule has 164 valence electrons. The van der Waals surface area contributed by atoms with Gasteiger partial charge in [0.25, 0.3) is 5.91 Å². The minimum absolute atomic E-state index is 0.103. The van der Waals surface area contributed by atoms with E-state index in [0.717, 1.165) is 17.4 Å². The summed E-state index contributed by atoms with van der Waals surface area (Å²) in [6.07, 6.45) is 1.76. The number of amides is 2. The largest absolute Gasteiger partial charge is 0.496 e. The first-order chi connectivity index (χ1) is 14.8. The van der Waals surface area contributed by atoms with Crippen LogP contribution in [0.15, 0.2) is 66.1 Å². The van der Waals surface area contributed by atoms with Gasteiger partial charge < -0.3 is 15.4 Å². The van der Waals surface area contributed by atoms with Crippen LogP contribution in [0, 0.1) is 0 Å². The molecule has 8 nitrogen and oxygen atoms in total. The predicted molar refractivity (Wildman–Crippen MR) is 116 cm³/mol. The fraction of sp³-hybridized carbons (Fsp3) is 0.273.